The lowest BCUT2D eigenvalue weighted by Crippen LogP contribution is -2.48. The Hall–Kier alpha value is 0.230. The van der Waals surface area contributed by atoms with Gasteiger partial charge >= 0.3 is 0 Å². The van der Waals surface area contributed by atoms with E-state index in [0.717, 1.165) is 19.7 Å². The van der Waals surface area contributed by atoms with Crippen molar-refractivity contribution in [3.63, 3.8) is 0 Å². The van der Waals surface area contributed by atoms with Crippen molar-refractivity contribution in [1.29, 1.82) is 0 Å². The van der Waals surface area contributed by atoms with E-state index < -0.39 is 0 Å². The Kier molecular flexibility index (Phi) is 1.86. The molecule has 4 heteroatoms. The molecule has 10 heavy (non-hydrogen) atoms. The van der Waals surface area contributed by atoms with E-state index in [1.165, 1.54) is 0 Å². The van der Waals surface area contributed by atoms with Gasteiger partial charge < -0.3 is 4.74 Å². The highest BCUT2D eigenvalue weighted by molar-refractivity contribution is 7.96. The van der Waals surface area contributed by atoms with E-state index in [0.29, 0.717) is 12.3 Å². The number of rotatable bonds is 1. The molecule has 1 N–H and O–H groups in total. The van der Waals surface area contributed by atoms with Gasteiger partial charge in [0.2, 0.25) is 0 Å². The molecule has 0 spiro atoms. The third-order valence-corrected chi connectivity index (χ3v) is 2.79. The maximum Gasteiger partial charge on any atom is 0.122 e. The largest absolute Gasteiger partial charge is 0.360 e. The summed E-state index contributed by atoms with van der Waals surface area (Å²) < 4.78 is 7.79. The monoisotopic (exact) mass is 160 g/mol. The molecule has 2 bridgehead atoms. The Morgan fingerprint density at radius 3 is 3.20 bits per heavy atom. The molecule has 0 aromatic rings. The van der Waals surface area contributed by atoms with Gasteiger partial charge in [-0.15, -0.1) is 0 Å². The van der Waals surface area contributed by atoms with Gasteiger partial charge in [0.15, 0.2) is 0 Å². The van der Waals surface area contributed by atoms with E-state index in [-0.39, 0.29) is 0 Å². The third-order valence-electron chi connectivity index (χ3n) is 1.97. The number of piperazine rings is 1. The smallest absolute Gasteiger partial charge is 0.122 e. The topological polar surface area (TPSA) is 24.5 Å². The second-order valence-electron chi connectivity index (χ2n) is 2.72. The summed E-state index contributed by atoms with van der Waals surface area (Å²) in [6, 6.07) is 0.575. The molecule has 58 valence electrons. The van der Waals surface area contributed by atoms with Crippen LogP contribution in [0.15, 0.2) is 0 Å². The first-order chi connectivity index (χ1) is 4.88. The van der Waals surface area contributed by atoms with Gasteiger partial charge in [-0.3, -0.25) is 5.32 Å². The molecule has 0 aromatic carbocycles. The van der Waals surface area contributed by atoms with Gasteiger partial charge in [-0.1, -0.05) is 11.9 Å². The molecule has 2 saturated heterocycles. The number of hydrogen-bond donors (Lipinski definition) is 1. The van der Waals surface area contributed by atoms with Gasteiger partial charge in [-0.2, -0.15) is 0 Å². The van der Waals surface area contributed by atoms with E-state index >= 15 is 0 Å². The molecule has 0 saturated carbocycles. The number of fused-ring (bicyclic) bond motifs is 2. The molecule has 0 aromatic heterocycles. The van der Waals surface area contributed by atoms with Crippen molar-refractivity contribution < 1.29 is 4.74 Å². The van der Waals surface area contributed by atoms with Crippen LogP contribution in [0.4, 0.5) is 0 Å². The minimum absolute atomic E-state index is 0.297. The van der Waals surface area contributed by atoms with Crippen molar-refractivity contribution in [2.45, 2.75) is 12.3 Å². The normalized spacial score (nSPS) is 40.5. The maximum absolute atomic E-state index is 5.44. The summed E-state index contributed by atoms with van der Waals surface area (Å²) >= 11 is 1.81. The molecule has 2 atom stereocenters. The molecule has 2 aliphatic heterocycles. The molecule has 0 aliphatic carbocycles. The van der Waals surface area contributed by atoms with E-state index in [1.807, 2.05) is 0 Å². The minimum atomic E-state index is 0.297. The first kappa shape index (κ1) is 6.91. The molecule has 0 radical (unpaired) electrons. The molecule has 2 aliphatic rings. The van der Waals surface area contributed by atoms with E-state index in [1.54, 1.807) is 11.9 Å². The second kappa shape index (κ2) is 2.70. The Balaban J connectivity index is 1.96. The maximum atomic E-state index is 5.44. The van der Waals surface area contributed by atoms with Crippen molar-refractivity contribution in [3.8, 4) is 0 Å². The van der Waals surface area contributed by atoms with Crippen LogP contribution in [0.1, 0.15) is 0 Å². The average molecular weight is 160 g/mol. The molecular weight excluding hydrogens is 148 g/mol. The summed E-state index contributed by atoms with van der Waals surface area (Å²) in [7, 11) is 0. The second-order valence-corrected chi connectivity index (χ2v) is 3.60. The molecule has 2 unspecified atom stereocenters. The van der Waals surface area contributed by atoms with Crippen molar-refractivity contribution in [2.24, 2.45) is 0 Å². The van der Waals surface area contributed by atoms with Gasteiger partial charge in [0.05, 0.1) is 6.61 Å². The van der Waals surface area contributed by atoms with Crippen molar-refractivity contribution in [2.75, 3.05) is 26.0 Å². The Morgan fingerprint density at radius 2 is 2.50 bits per heavy atom. The summed E-state index contributed by atoms with van der Waals surface area (Å²) in [5.74, 6) is 0. The lowest BCUT2D eigenvalue weighted by Gasteiger charge is -2.28. The third kappa shape index (κ3) is 1.16. The van der Waals surface area contributed by atoms with E-state index in [9.17, 15) is 0 Å². The van der Waals surface area contributed by atoms with Crippen molar-refractivity contribution >= 4 is 11.9 Å². The Morgan fingerprint density at radius 1 is 1.60 bits per heavy atom. The van der Waals surface area contributed by atoms with Gasteiger partial charge in [-0.25, -0.2) is 4.31 Å². The predicted molar refractivity (Wildman–Crippen MR) is 41.8 cm³/mol. The minimum Gasteiger partial charge on any atom is -0.360 e. The molecule has 2 rings (SSSR count). The molecule has 3 nitrogen and oxygen atoms in total. The quantitative estimate of drug-likeness (QED) is 0.541. The average Bonchev–Trinajstić information content (AvgIpc) is 2.30. The number of nitrogens with one attached hydrogen (secondary N) is 1. The first-order valence-corrected chi connectivity index (χ1v) is 4.73. The van der Waals surface area contributed by atoms with Crippen LogP contribution < -0.4 is 5.32 Å². The van der Waals surface area contributed by atoms with Crippen LogP contribution >= 0.6 is 11.9 Å². The summed E-state index contributed by atoms with van der Waals surface area (Å²) in [4.78, 5) is 0. The van der Waals surface area contributed by atoms with Gasteiger partial charge in [-0.05, 0) is 6.26 Å². The SMILES string of the molecule is CSN1CC2COC(C1)N2. The Bertz CT molecular complexity index is 121. The zero-order valence-electron chi connectivity index (χ0n) is 6.04. The summed E-state index contributed by atoms with van der Waals surface area (Å²) in [5.41, 5.74) is 0. The van der Waals surface area contributed by atoms with Gasteiger partial charge in [0, 0.05) is 19.1 Å². The van der Waals surface area contributed by atoms with E-state index in [4.69, 9.17) is 4.74 Å². The lowest BCUT2D eigenvalue weighted by molar-refractivity contribution is 0.0919. The first-order valence-electron chi connectivity index (χ1n) is 3.55. The fourth-order valence-electron chi connectivity index (χ4n) is 1.46. The Labute approximate surface area is 65.2 Å². The number of hydrogen-bond acceptors (Lipinski definition) is 4. The van der Waals surface area contributed by atoms with Crippen LogP contribution in [-0.4, -0.2) is 42.5 Å². The van der Waals surface area contributed by atoms with Crippen LogP contribution in [0, 0.1) is 0 Å². The fraction of sp³-hybridized carbons (Fsp3) is 1.00. The lowest BCUT2D eigenvalue weighted by atomic mass is 10.3. The molecule has 0 amide bonds. The molecule has 2 heterocycles. The van der Waals surface area contributed by atoms with Crippen LogP contribution in [0.5, 0.6) is 0 Å². The highest BCUT2D eigenvalue weighted by Gasteiger charge is 2.32. The molecular formula is C6H12N2OS. The van der Waals surface area contributed by atoms with Gasteiger partial charge in [0.1, 0.15) is 6.23 Å². The zero-order valence-corrected chi connectivity index (χ0v) is 6.86. The standard InChI is InChI=1S/C6H12N2OS/c1-10-8-2-5-4-9-6(3-8)7-5/h5-7H,2-4H2,1H3. The van der Waals surface area contributed by atoms with Crippen molar-refractivity contribution in [3.05, 3.63) is 0 Å². The zero-order chi connectivity index (χ0) is 6.97. The number of nitrogens with zero attached hydrogens (tertiary/aromatic N) is 1. The summed E-state index contributed by atoms with van der Waals surface area (Å²) in [6.07, 6.45) is 2.41. The van der Waals surface area contributed by atoms with Gasteiger partial charge in [0.25, 0.3) is 0 Å². The van der Waals surface area contributed by atoms with Crippen LogP contribution in [0.25, 0.3) is 0 Å². The highest BCUT2D eigenvalue weighted by Crippen LogP contribution is 2.17. The van der Waals surface area contributed by atoms with Crippen LogP contribution in [0.3, 0.4) is 0 Å². The van der Waals surface area contributed by atoms with Crippen LogP contribution in [0.2, 0.25) is 0 Å². The summed E-state index contributed by atoms with van der Waals surface area (Å²) in [5, 5.41) is 3.38. The highest BCUT2D eigenvalue weighted by atomic mass is 32.2. The molecule has 2 fully saturated rings. The fourth-order valence-corrected chi connectivity index (χ4v) is 2.07. The van der Waals surface area contributed by atoms with E-state index in [2.05, 4.69) is 15.9 Å². The predicted octanol–water partition coefficient (Wildman–Crippen LogP) is -0.106. The van der Waals surface area contributed by atoms with Crippen LogP contribution in [-0.2, 0) is 4.74 Å². The van der Waals surface area contributed by atoms with Crippen molar-refractivity contribution in [1.82, 2.24) is 9.62 Å². The summed E-state index contributed by atoms with van der Waals surface area (Å²) in [6.45, 7) is 3.04. The number of ether oxygens (including phenoxy) is 1.